The van der Waals surface area contributed by atoms with Crippen molar-refractivity contribution < 1.29 is 23.2 Å². The topological polar surface area (TPSA) is 113 Å². The maximum atomic E-state index is 12.9. The zero-order chi connectivity index (χ0) is 28.9. The van der Waals surface area contributed by atoms with Crippen LogP contribution >= 0.6 is 0 Å². The minimum Gasteiger partial charge on any atom is -0.359 e. The number of hydrogen-bond acceptors (Lipinski definition) is 5. The van der Waals surface area contributed by atoms with Gasteiger partial charge in [-0.15, -0.1) is 0 Å². The molecule has 1 unspecified atom stereocenters. The summed E-state index contributed by atoms with van der Waals surface area (Å²) < 4.78 is 23.9. The molecule has 214 valence electrons. The quantitative estimate of drug-likeness (QED) is 0.269. The van der Waals surface area contributed by atoms with Crippen LogP contribution in [0.1, 0.15) is 61.8 Å². The van der Waals surface area contributed by atoms with Gasteiger partial charge in [-0.1, -0.05) is 25.0 Å². The van der Waals surface area contributed by atoms with E-state index in [0.29, 0.717) is 37.3 Å². The fraction of sp³-hybridized carbons (Fsp3) is 0.387. The van der Waals surface area contributed by atoms with Gasteiger partial charge >= 0.3 is 0 Å². The molecule has 41 heavy (non-hydrogen) atoms. The predicted molar refractivity (Wildman–Crippen MR) is 150 cm³/mol. The Labute approximate surface area is 237 Å². The molecule has 0 radical (unpaired) electrons. The third kappa shape index (κ3) is 6.26. The number of pyridine rings is 2. The number of fused-ring (bicyclic) bond motifs is 3. The Morgan fingerprint density at radius 2 is 1.83 bits per heavy atom. The molecule has 6 rings (SSSR count). The van der Waals surface area contributed by atoms with Gasteiger partial charge < -0.3 is 16.0 Å². The van der Waals surface area contributed by atoms with Crippen molar-refractivity contribution in [2.45, 2.75) is 63.2 Å². The molecule has 3 heterocycles. The summed E-state index contributed by atoms with van der Waals surface area (Å²) in [7, 11) is 0. The molecular formula is C31H33F2N5O3. The predicted octanol–water partition coefficient (Wildman–Crippen LogP) is 4.85. The van der Waals surface area contributed by atoms with E-state index in [2.05, 4.69) is 25.9 Å². The minimum absolute atomic E-state index is 0.00265. The molecule has 3 aliphatic rings. The molecule has 1 aliphatic heterocycles. The lowest BCUT2D eigenvalue weighted by Gasteiger charge is -2.28. The number of aromatic nitrogens is 2. The van der Waals surface area contributed by atoms with Gasteiger partial charge in [0.2, 0.25) is 18.2 Å². The van der Waals surface area contributed by atoms with Gasteiger partial charge in [0.15, 0.2) is 0 Å². The number of nitrogens with one attached hydrogen (secondary N) is 3. The van der Waals surface area contributed by atoms with Crippen molar-refractivity contribution in [2.24, 2.45) is 5.41 Å². The van der Waals surface area contributed by atoms with Gasteiger partial charge in [-0.3, -0.25) is 19.4 Å². The second-order valence-electron chi connectivity index (χ2n) is 11.2. The van der Waals surface area contributed by atoms with Crippen LogP contribution < -0.4 is 16.0 Å². The van der Waals surface area contributed by atoms with Crippen molar-refractivity contribution >= 4 is 29.7 Å². The van der Waals surface area contributed by atoms with Gasteiger partial charge in [0.1, 0.15) is 17.5 Å². The average molecular weight is 562 g/mol. The molecule has 2 aliphatic carbocycles. The number of amides is 3. The van der Waals surface area contributed by atoms with Crippen LogP contribution in [0.25, 0.3) is 0 Å². The molecule has 0 bridgehead atoms. The Balaban J connectivity index is 0.000000365. The van der Waals surface area contributed by atoms with Crippen molar-refractivity contribution in [2.75, 3.05) is 17.2 Å². The van der Waals surface area contributed by atoms with Crippen LogP contribution in [-0.4, -0.2) is 34.7 Å². The van der Waals surface area contributed by atoms with E-state index in [1.165, 1.54) is 18.2 Å². The fourth-order valence-electron chi connectivity index (χ4n) is 6.45. The van der Waals surface area contributed by atoms with Crippen LogP contribution in [0.2, 0.25) is 0 Å². The SMILES string of the molecule is Fc1cccc(F)c1.O=CNCCCC1(CC(=O)Nc2cnc3c(c2)CC2(C3)C(=O)Nc3ncccc32)CCCC1. The molecule has 3 amide bonds. The van der Waals surface area contributed by atoms with Gasteiger partial charge in [-0.05, 0) is 67.3 Å². The highest BCUT2D eigenvalue weighted by Crippen LogP contribution is 2.47. The van der Waals surface area contributed by atoms with Crippen LogP contribution in [0.4, 0.5) is 20.3 Å². The molecule has 1 aromatic carbocycles. The van der Waals surface area contributed by atoms with Crippen molar-refractivity contribution in [1.82, 2.24) is 15.3 Å². The summed E-state index contributed by atoms with van der Waals surface area (Å²) in [5.41, 5.74) is 2.85. The molecule has 1 saturated carbocycles. The zero-order valence-corrected chi connectivity index (χ0v) is 22.7. The number of halogens is 2. The first kappa shape index (κ1) is 28.3. The molecule has 1 fully saturated rings. The monoisotopic (exact) mass is 561 g/mol. The Hall–Kier alpha value is -4.21. The van der Waals surface area contributed by atoms with Crippen LogP contribution in [-0.2, 0) is 32.6 Å². The van der Waals surface area contributed by atoms with E-state index in [-0.39, 0.29) is 17.2 Å². The molecular weight excluding hydrogens is 528 g/mol. The van der Waals surface area contributed by atoms with E-state index < -0.39 is 17.0 Å². The first-order chi connectivity index (χ1) is 19.8. The van der Waals surface area contributed by atoms with E-state index in [1.54, 1.807) is 12.4 Å². The second kappa shape index (κ2) is 12.1. The molecule has 3 aromatic rings. The fourth-order valence-corrected chi connectivity index (χ4v) is 6.45. The van der Waals surface area contributed by atoms with Gasteiger partial charge in [0.25, 0.3) is 0 Å². The summed E-state index contributed by atoms with van der Waals surface area (Å²) >= 11 is 0. The normalized spacial score (nSPS) is 19.5. The van der Waals surface area contributed by atoms with Crippen LogP contribution in [0, 0.1) is 17.0 Å². The molecule has 1 atom stereocenters. The number of nitrogens with zero attached hydrogens (tertiary/aromatic N) is 2. The molecule has 10 heteroatoms. The second-order valence-corrected chi connectivity index (χ2v) is 11.2. The van der Waals surface area contributed by atoms with Gasteiger partial charge in [0, 0.05) is 42.9 Å². The first-order valence-corrected chi connectivity index (χ1v) is 14.0. The largest absolute Gasteiger partial charge is 0.359 e. The molecule has 1 spiro atoms. The number of carbonyl (C=O) groups is 3. The first-order valence-electron chi connectivity index (χ1n) is 14.0. The maximum absolute atomic E-state index is 12.9. The summed E-state index contributed by atoms with van der Waals surface area (Å²) in [6, 6.07) is 10.3. The number of rotatable bonds is 8. The van der Waals surface area contributed by atoms with Crippen LogP contribution in [0.15, 0.2) is 54.9 Å². The molecule has 3 N–H and O–H groups in total. The lowest BCUT2D eigenvalue weighted by atomic mass is 9.78. The summed E-state index contributed by atoms with van der Waals surface area (Å²) in [6.07, 6.45) is 11.9. The lowest BCUT2D eigenvalue weighted by Crippen LogP contribution is -2.35. The zero-order valence-electron chi connectivity index (χ0n) is 22.7. The Bertz CT molecular complexity index is 1430. The smallest absolute Gasteiger partial charge is 0.237 e. The van der Waals surface area contributed by atoms with E-state index in [0.717, 1.165) is 67.8 Å². The standard InChI is InChI=1S/C25H29N5O3.C6H4F2/c31-16-26-9-4-8-24(6-1-2-7-24)14-21(32)29-18-11-17-12-25(13-20(17)28-15-18)19-5-3-10-27-22(19)30-23(25)33;7-5-2-1-3-6(8)4-5/h3,5,10-11,15-16H,1-2,4,6-9,12-14H2,(H,26,31)(H,29,32)(H,27,30,33);1-4H. The highest BCUT2D eigenvalue weighted by atomic mass is 19.1. The van der Waals surface area contributed by atoms with Crippen LogP contribution in [0.3, 0.4) is 0 Å². The minimum atomic E-state index is -0.662. The van der Waals surface area contributed by atoms with Crippen molar-refractivity contribution in [1.29, 1.82) is 0 Å². The van der Waals surface area contributed by atoms with E-state index in [1.807, 2.05) is 18.2 Å². The Morgan fingerprint density at radius 1 is 1.05 bits per heavy atom. The summed E-state index contributed by atoms with van der Waals surface area (Å²) in [5.74, 6) is -0.473. The maximum Gasteiger partial charge on any atom is 0.237 e. The van der Waals surface area contributed by atoms with Gasteiger partial charge in [-0.2, -0.15) is 0 Å². The van der Waals surface area contributed by atoms with E-state index in [9.17, 15) is 23.2 Å². The third-order valence-electron chi connectivity index (χ3n) is 8.39. The van der Waals surface area contributed by atoms with Gasteiger partial charge in [-0.25, -0.2) is 13.8 Å². The average Bonchev–Trinajstić information content (AvgIpc) is 3.63. The molecule has 8 nitrogen and oxygen atoms in total. The summed E-state index contributed by atoms with van der Waals surface area (Å²) in [6.45, 7) is 0.648. The molecule has 2 aromatic heterocycles. The Kier molecular flexibility index (Phi) is 8.37. The summed E-state index contributed by atoms with van der Waals surface area (Å²) in [5, 5.41) is 8.67. The van der Waals surface area contributed by atoms with Crippen molar-refractivity contribution in [3.8, 4) is 0 Å². The lowest BCUT2D eigenvalue weighted by molar-refractivity contribution is -0.120. The number of benzene rings is 1. The van der Waals surface area contributed by atoms with Gasteiger partial charge in [0.05, 0.1) is 17.3 Å². The van der Waals surface area contributed by atoms with E-state index >= 15 is 0 Å². The Morgan fingerprint density at radius 3 is 2.54 bits per heavy atom. The highest BCUT2D eigenvalue weighted by Gasteiger charge is 2.51. The van der Waals surface area contributed by atoms with E-state index in [4.69, 9.17) is 0 Å². The van der Waals surface area contributed by atoms with Crippen LogP contribution in [0.5, 0.6) is 0 Å². The number of hydrogen-bond donors (Lipinski definition) is 3. The number of anilines is 2. The van der Waals surface area contributed by atoms with Crippen molar-refractivity contribution in [3.63, 3.8) is 0 Å². The number of carbonyl (C=O) groups excluding carboxylic acids is 3. The van der Waals surface area contributed by atoms with Crippen molar-refractivity contribution in [3.05, 3.63) is 83.3 Å². The third-order valence-corrected chi connectivity index (χ3v) is 8.39. The summed E-state index contributed by atoms with van der Waals surface area (Å²) in [4.78, 5) is 45.2. The molecule has 0 saturated heterocycles. The highest BCUT2D eigenvalue weighted by molar-refractivity contribution is 6.06.